The largest absolute Gasteiger partial charge is 0.413 e. The highest BCUT2D eigenvalue weighted by Gasteiger charge is 2.49. The molecule has 0 bridgehead atoms. The molecule has 2 aromatic heterocycles. The smallest absolute Gasteiger partial charge is 0.208 e. The second-order valence-corrected chi connectivity index (χ2v) is 19.6. The summed E-state index contributed by atoms with van der Waals surface area (Å²) in [6.45, 7) is 13.6. The predicted octanol–water partition coefficient (Wildman–Crippen LogP) is 7.90. The molecule has 0 amide bonds. The van der Waals surface area contributed by atoms with Gasteiger partial charge in [-0.25, -0.2) is 9.97 Å². The second kappa shape index (κ2) is 13.8. The number of aliphatic hydroxyl groups is 2. The highest BCUT2D eigenvalue weighted by Crippen LogP contribution is 2.46. The summed E-state index contributed by atoms with van der Waals surface area (Å²) in [5, 5.41) is 25.2. The first-order chi connectivity index (χ1) is 19.9. The third-order valence-corrected chi connectivity index (χ3v) is 16.4. The number of ketones is 1. The first-order valence-electron chi connectivity index (χ1n) is 14.5. The van der Waals surface area contributed by atoms with Crippen LogP contribution in [0.3, 0.4) is 0 Å². The Morgan fingerprint density at radius 3 is 2.43 bits per heavy atom. The molecular weight excluding hydrogens is 609 g/mol. The first kappa shape index (κ1) is 33.0. The third-order valence-electron chi connectivity index (χ3n) is 8.62. The molecule has 1 aliphatic rings. The highest BCUT2D eigenvalue weighted by atomic mass is 35.5. The summed E-state index contributed by atoms with van der Waals surface area (Å²) >= 11 is 13.7. The number of benzene rings is 1. The summed E-state index contributed by atoms with van der Waals surface area (Å²) in [6.07, 6.45) is 3.24. The van der Waals surface area contributed by atoms with Crippen molar-refractivity contribution in [3.63, 3.8) is 0 Å². The van der Waals surface area contributed by atoms with Crippen LogP contribution in [0.15, 0.2) is 42.9 Å². The first-order valence-corrected chi connectivity index (χ1v) is 18.2. The van der Waals surface area contributed by atoms with Gasteiger partial charge in [-0.3, -0.25) is 4.79 Å². The molecule has 42 heavy (non-hydrogen) atoms. The van der Waals surface area contributed by atoms with Crippen LogP contribution in [-0.2, 0) is 4.43 Å². The van der Waals surface area contributed by atoms with Crippen molar-refractivity contribution in [2.45, 2.75) is 89.3 Å². The van der Waals surface area contributed by atoms with E-state index in [2.05, 4.69) is 56.8 Å². The van der Waals surface area contributed by atoms with Crippen molar-refractivity contribution in [1.29, 1.82) is 0 Å². The van der Waals surface area contributed by atoms with Gasteiger partial charge in [0, 0.05) is 35.3 Å². The number of rotatable bonds is 12. The number of aromatic nitrogens is 2. The fraction of sp³-hybridized carbons (Fsp3) is 0.516. The van der Waals surface area contributed by atoms with Crippen LogP contribution in [0.4, 0.5) is 5.82 Å². The molecule has 0 unspecified atom stereocenters. The van der Waals surface area contributed by atoms with Crippen molar-refractivity contribution in [2.24, 2.45) is 5.92 Å². The summed E-state index contributed by atoms with van der Waals surface area (Å²) in [7, 11) is -2.14. The van der Waals surface area contributed by atoms with Crippen LogP contribution in [0, 0.1) is 5.92 Å². The van der Waals surface area contributed by atoms with Crippen molar-refractivity contribution in [2.75, 3.05) is 11.9 Å². The van der Waals surface area contributed by atoms with Gasteiger partial charge in [-0.2, -0.15) is 0 Å². The van der Waals surface area contributed by atoms with Crippen molar-refractivity contribution < 1.29 is 19.4 Å². The topological polar surface area (TPSA) is 105 Å². The van der Waals surface area contributed by atoms with E-state index in [4.69, 9.17) is 27.6 Å². The highest BCUT2D eigenvalue weighted by molar-refractivity contribution is 7.18. The third kappa shape index (κ3) is 6.77. The molecule has 0 aliphatic heterocycles. The van der Waals surface area contributed by atoms with E-state index < -0.39 is 14.4 Å². The van der Waals surface area contributed by atoms with Gasteiger partial charge in [0.25, 0.3) is 0 Å². The fourth-order valence-electron chi connectivity index (χ4n) is 6.69. The molecule has 4 atom stereocenters. The number of hydrogen-bond acceptors (Lipinski definition) is 8. The molecule has 228 valence electrons. The molecule has 0 saturated heterocycles. The Morgan fingerprint density at radius 2 is 1.81 bits per heavy atom. The number of aliphatic hydroxyl groups excluding tert-OH is 2. The SMILES string of the molecule is CC(C)[Si](O[C@H]1C[C@H](Nc2ncncc2C(=O)c2cc([C@@H](O)c3cccc(Cl)c3)c(Cl)s2)C[C@@H]1CO)(C(C)C)C(C)C. The molecule has 7 nitrogen and oxygen atoms in total. The Morgan fingerprint density at radius 1 is 1.12 bits per heavy atom. The summed E-state index contributed by atoms with van der Waals surface area (Å²) in [4.78, 5) is 22.6. The summed E-state index contributed by atoms with van der Waals surface area (Å²) in [5.41, 5.74) is 2.66. The van der Waals surface area contributed by atoms with Gasteiger partial charge in [-0.05, 0) is 53.2 Å². The van der Waals surface area contributed by atoms with Crippen molar-refractivity contribution >= 4 is 54.5 Å². The lowest BCUT2D eigenvalue weighted by atomic mass is 10.0. The van der Waals surface area contributed by atoms with Crippen molar-refractivity contribution in [3.05, 3.63) is 73.8 Å². The molecule has 1 fully saturated rings. The molecule has 0 radical (unpaired) electrons. The zero-order valence-corrected chi connectivity index (χ0v) is 28.3. The maximum absolute atomic E-state index is 13.7. The summed E-state index contributed by atoms with van der Waals surface area (Å²) in [5.74, 6) is 0.141. The van der Waals surface area contributed by atoms with Crippen LogP contribution in [0.2, 0.25) is 26.0 Å². The van der Waals surface area contributed by atoms with Gasteiger partial charge in [0.15, 0.2) is 0 Å². The lowest BCUT2D eigenvalue weighted by Crippen LogP contribution is -2.51. The van der Waals surface area contributed by atoms with Gasteiger partial charge in [0.2, 0.25) is 14.1 Å². The van der Waals surface area contributed by atoms with E-state index in [9.17, 15) is 15.0 Å². The average molecular weight is 651 g/mol. The number of anilines is 1. The number of halogens is 2. The Kier molecular flexibility index (Phi) is 10.9. The van der Waals surface area contributed by atoms with Gasteiger partial charge in [0.1, 0.15) is 18.2 Å². The fourth-order valence-corrected chi connectivity index (χ4v) is 13.8. The predicted molar refractivity (Wildman–Crippen MR) is 173 cm³/mol. The monoisotopic (exact) mass is 649 g/mol. The van der Waals surface area contributed by atoms with Gasteiger partial charge in [0.05, 0.1) is 20.9 Å². The lowest BCUT2D eigenvalue weighted by Gasteiger charge is -2.45. The molecule has 4 rings (SSSR count). The normalized spacial score (nSPS) is 20.1. The van der Waals surface area contributed by atoms with Crippen LogP contribution in [0.1, 0.15) is 86.9 Å². The molecular formula is C31H41Cl2N3O4SSi. The standard InChI is InChI=1S/C31H41Cl2N3O4SSi/c1-17(2)42(18(3)4,19(5)6)40-26-12-23(11-21(26)15-37)36-31-25(14-34-16-35-31)29(39)27-13-24(30(33)41-27)28(38)20-8-7-9-22(32)10-20/h7-10,13-14,16-19,21,23,26,28,37-38H,11-12,15H2,1-6H3,(H,34,35,36)/t21-,23-,26+,28+/m1/s1. The van der Waals surface area contributed by atoms with E-state index in [0.29, 0.717) is 66.2 Å². The van der Waals surface area contributed by atoms with Crippen LogP contribution >= 0.6 is 34.5 Å². The Balaban J connectivity index is 1.55. The van der Waals surface area contributed by atoms with E-state index >= 15 is 0 Å². The second-order valence-electron chi connectivity index (χ2n) is 12.1. The van der Waals surface area contributed by atoms with Gasteiger partial charge >= 0.3 is 0 Å². The summed E-state index contributed by atoms with van der Waals surface area (Å²) < 4.78 is 7.40. The minimum absolute atomic E-state index is 0.00162. The minimum atomic E-state index is -2.14. The molecule has 2 heterocycles. The number of nitrogens with zero attached hydrogens (tertiary/aromatic N) is 2. The zero-order valence-electron chi connectivity index (χ0n) is 25.0. The van der Waals surface area contributed by atoms with Gasteiger partial charge < -0.3 is 20.0 Å². The Hall–Kier alpha value is -1.85. The van der Waals surface area contributed by atoms with Crippen LogP contribution in [0.25, 0.3) is 0 Å². The van der Waals surface area contributed by atoms with Crippen molar-refractivity contribution in [3.8, 4) is 0 Å². The molecule has 3 aromatic rings. The summed E-state index contributed by atoms with van der Waals surface area (Å²) in [6, 6.07) is 8.50. The van der Waals surface area contributed by atoms with Crippen molar-refractivity contribution in [1.82, 2.24) is 9.97 Å². The maximum Gasteiger partial charge on any atom is 0.208 e. The quantitative estimate of drug-likeness (QED) is 0.135. The number of nitrogens with one attached hydrogen (secondary N) is 1. The number of thiophene rings is 1. The van der Waals surface area contributed by atoms with Gasteiger partial charge in [-0.1, -0.05) is 76.9 Å². The Labute approximate surface area is 263 Å². The van der Waals surface area contributed by atoms with Gasteiger partial charge in [-0.15, -0.1) is 11.3 Å². The average Bonchev–Trinajstić information content (AvgIpc) is 3.52. The molecule has 3 N–H and O–H groups in total. The van der Waals surface area contributed by atoms with E-state index in [0.717, 1.165) is 11.3 Å². The molecule has 1 aliphatic carbocycles. The van der Waals surface area contributed by atoms with E-state index in [-0.39, 0.29) is 30.5 Å². The van der Waals surface area contributed by atoms with Crippen LogP contribution < -0.4 is 5.32 Å². The number of hydrogen-bond donors (Lipinski definition) is 3. The Bertz CT molecular complexity index is 1360. The zero-order chi connectivity index (χ0) is 30.8. The molecule has 1 saturated carbocycles. The lowest BCUT2D eigenvalue weighted by molar-refractivity contribution is 0.0941. The number of carbonyl (C=O) groups is 1. The van der Waals surface area contributed by atoms with E-state index in [1.165, 1.54) is 12.5 Å². The maximum atomic E-state index is 13.7. The minimum Gasteiger partial charge on any atom is -0.413 e. The van der Waals surface area contributed by atoms with E-state index in [1.54, 1.807) is 30.3 Å². The molecule has 11 heteroatoms. The molecule has 0 spiro atoms. The van der Waals surface area contributed by atoms with E-state index in [1.807, 2.05) is 0 Å². The van der Waals surface area contributed by atoms with Crippen LogP contribution in [0.5, 0.6) is 0 Å². The molecule has 1 aromatic carbocycles. The number of carbonyl (C=O) groups excluding carboxylic acids is 1. The van der Waals surface area contributed by atoms with Crippen LogP contribution in [-0.4, -0.2) is 53.0 Å².